The van der Waals surface area contributed by atoms with Crippen molar-refractivity contribution in [3.8, 4) is 5.75 Å². The van der Waals surface area contributed by atoms with E-state index in [0.29, 0.717) is 0 Å². The summed E-state index contributed by atoms with van der Waals surface area (Å²) in [5.74, 6) is 0.766. The zero-order valence-corrected chi connectivity index (χ0v) is 18.4. The molecule has 0 aliphatic heterocycles. The summed E-state index contributed by atoms with van der Waals surface area (Å²) in [7, 11) is -4.11. The molecule has 0 saturated heterocycles. The minimum absolute atomic E-state index is 0.607. The Balaban J connectivity index is 2.88. The molecular weight excluding hydrogens is 360 g/mol. The number of unbranched alkanes of at least 4 members (excludes halogenated alkanes) is 6. The smallest absolute Gasteiger partial charge is 0.271 e. The van der Waals surface area contributed by atoms with Gasteiger partial charge in [0.25, 0.3) is 10.1 Å². The zero-order valence-electron chi connectivity index (χ0n) is 17.5. The lowest BCUT2D eigenvalue weighted by Crippen LogP contribution is -2.33. The van der Waals surface area contributed by atoms with Gasteiger partial charge in [0.15, 0.2) is 0 Å². The summed E-state index contributed by atoms with van der Waals surface area (Å²) < 4.78 is 38.2. The number of benzene rings is 1. The monoisotopic (exact) mass is 398 g/mol. The summed E-state index contributed by atoms with van der Waals surface area (Å²) in [6, 6.07) is 6.36. The van der Waals surface area contributed by atoms with Crippen molar-refractivity contribution in [1.82, 2.24) is 0 Å². The third-order valence-electron chi connectivity index (χ3n) is 5.19. The number of ether oxygens (including phenoxy) is 1. The molecule has 0 spiro atoms. The maximum absolute atomic E-state index is 11.4. The number of hydrogen-bond donors (Lipinski definition) is 1. The number of aryl methyl sites for hydroxylation is 2. The maximum atomic E-state index is 11.4. The van der Waals surface area contributed by atoms with E-state index in [4.69, 9.17) is 4.74 Å². The summed E-state index contributed by atoms with van der Waals surface area (Å²) in [5.41, 5.74) is 2.35. The second kappa shape index (κ2) is 12.4. The van der Waals surface area contributed by atoms with Crippen LogP contribution in [0.4, 0.5) is 0 Å². The molecular formula is C22H38O4S. The highest BCUT2D eigenvalue weighted by atomic mass is 32.2. The van der Waals surface area contributed by atoms with Gasteiger partial charge in [-0.25, -0.2) is 0 Å². The Morgan fingerprint density at radius 3 is 2.07 bits per heavy atom. The minimum Gasteiger partial charge on any atom is -0.489 e. The van der Waals surface area contributed by atoms with Crippen LogP contribution in [0.2, 0.25) is 0 Å². The van der Waals surface area contributed by atoms with Crippen LogP contribution in [0.1, 0.15) is 90.2 Å². The summed E-state index contributed by atoms with van der Waals surface area (Å²) in [4.78, 5) is 0. The van der Waals surface area contributed by atoms with Gasteiger partial charge in [-0.05, 0) is 56.7 Å². The Hall–Kier alpha value is -1.07. The van der Waals surface area contributed by atoms with Crippen LogP contribution in [0.25, 0.3) is 0 Å². The van der Waals surface area contributed by atoms with E-state index in [1.165, 1.54) is 51.0 Å². The Bertz CT molecular complexity index is 640. The van der Waals surface area contributed by atoms with Crippen LogP contribution in [-0.4, -0.2) is 24.3 Å². The molecule has 0 fully saturated rings. The normalized spacial score (nSPS) is 14.1. The first-order valence-electron chi connectivity index (χ1n) is 10.5. The maximum Gasteiger partial charge on any atom is 0.271 e. The third-order valence-corrected chi connectivity index (χ3v) is 6.52. The van der Waals surface area contributed by atoms with Gasteiger partial charge >= 0.3 is 0 Å². The molecule has 4 nitrogen and oxygen atoms in total. The van der Waals surface area contributed by atoms with Crippen molar-refractivity contribution in [1.29, 1.82) is 0 Å². The van der Waals surface area contributed by atoms with E-state index in [1.807, 2.05) is 0 Å². The summed E-state index contributed by atoms with van der Waals surface area (Å²) in [6.07, 6.45) is 10.9. The first-order chi connectivity index (χ1) is 12.8. The van der Waals surface area contributed by atoms with Crippen molar-refractivity contribution >= 4 is 10.1 Å². The Labute approximate surface area is 166 Å². The molecule has 0 bridgehead atoms. The first-order valence-corrected chi connectivity index (χ1v) is 12.0. The van der Waals surface area contributed by atoms with Crippen LogP contribution in [0.5, 0.6) is 5.75 Å². The fourth-order valence-corrected chi connectivity index (χ4v) is 3.65. The highest BCUT2D eigenvalue weighted by Crippen LogP contribution is 2.26. The SMILES string of the molecule is CCCCCCc1ccc(CCCCCC)c(OC(C)C(C)S(=O)(=O)O)c1. The molecule has 27 heavy (non-hydrogen) atoms. The summed E-state index contributed by atoms with van der Waals surface area (Å²) in [5, 5.41) is -0.960. The Morgan fingerprint density at radius 1 is 0.926 bits per heavy atom. The molecule has 5 heteroatoms. The Kier molecular flexibility index (Phi) is 11.0. The van der Waals surface area contributed by atoms with Crippen molar-refractivity contribution in [3.63, 3.8) is 0 Å². The van der Waals surface area contributed by atoms with Gasteiger partial charge in [0.05, 0.1) is 0 Å². The van der Waals surface area contributed by atoms with Crippen molar-refractivity contribution in [2.45, 2.75) is 103 Å². The van der Waals surface area contributed by atoms with Crippen molar-refractivity contribution in [3.05, 3.63) is 29.3 Å². The summed E-state index contributed by atoms with van der Waals surface area (Å²) >= 11 is 0. The second-order valence-corrected chi connectivity index (χ2v) is 9.38. The molecule has 0 radical (unpaired) electrons. The molecule has 1 rings (SSSR count). The predicted molar refractivity (Wildman–Crippen MR) is 113 cm³/mol. The lowest BCUT2D eigenvalue weighted by atomic mass is 10.0. The topological polar surface area (TPSA) is 63.6 Å². The predicted octanol–water partition coefficient (Wildman–Crippen LogP) is 5.98. The largest absolute Gasteiger partial charge is 0.489 e. The van der Waals surface area contributed by atoms with Crippen molar-refractivity contribution in [2.24, 2.45) is 0 Å². The molecule has 0 aliphatic rings. The highest BCUT2D eigenvalue weighted by molar-refractivity contribution is 7.86. The van der Waals surface area contributed by atoms with Gasteiger partial charge in [-0.15, -0.1) is 0 Å². The van der Waals surface area contributed by atoms with Crippen LogP contribution >= 0.6 is 0 Å². The molecule has 0 amide bonds. The molecule has 0 aromatic heterocycles. The van der Waals surface area contributed by atoms with Gasteiger partial charge in [0.1, 0.15) is 17.1 Å². The Morgan fingerprint density at radius 2 is 1.52 bits per heavy atom. The second-order valence-electron chi connectivity index (χ2n) is 7.61. The highest BCUT2D eigenvalue weighted by Gasteiger charge is 2.26. The average Bonchev–Trinajstić information content (AvgIpc) is 2.62. The van der Waals surface area contributed by atoms with Crippen molar-refractivity contribution in [2.75, 3.05) is 0 Å². The summed E-state index contributed by atoms with van der Waals surface area (Å²) in [6.45, 7) is 7.58. The average molecular weight is 399 g/mol. The van der Waals surface area contributed by atoms with Crippen LogP contribution in [0.15, 0.2) is 18.2 Å². The van der Waals surface area contributed by atoms with Gasteiger partial charge in [0, 0.05) is 0 Å². The van der Waals surface area contributed by atoms with Crippen LogP contribution < -0.4 is 4.74 Å². The molecule has 2 atom stereocenters. The molecule has 0 heterocycles. The van der Waals surface area contributed by atoms with Gasteiger partial charge in [-0.1, -0.05) is 64.5 Å². The molecule has 0 aliphatic carbocycles. The fourth-order valence-electron chi connectivity index (χ4n) is 3.11. The standard InChI is InChI=1S/C22H38O4S/c1-5-7-9-11-13-20-15-16-21(14-12-10-8-6-2)22(17-20)26-18(3)19(4)27(23,24)25/h15-19H,5-14H2,1-4H3,(H,23,24,25). The quantitative estimate of drug-likeness (QED) is 0.309. The van der Waals surface area contributed by atoms with Crippen LogP contribution in [-0.2, 0) is 23.0 Å². The van der Waals surface area contributed by atoms with Gasteiger partial charge < -0.3 is 4.74 Å². The van der Waals surface area contributed by atoms with E-state index in [1.54, 1.807) is 6.92 Å². The van der Waals surface area contributed by atoms with Gasteiger partial charge in [0.2, 0.25) is 0 Å². The van der Waals surface area contributed by atoms with E-state index >= 15 is 0 Å². The molecule has 1 aromatic carbocycles. The molecule has 1 aromatic rings. The van der Waals surface area contributed by atoms with Crippen molar-refractivity contribution < 1.29 is 17.7 Å². The first kappa shape index (κ1) is 24.0. The van der Waals surface area contributed by atoms with E-state index in [-0.39, 0.29) is 0 Å². The van der Waals surface area contributed by atoms with Crippen LogP contribution in [0.3, 0.4) is 0 Å². The lowest BCUT2D eigenvalue weighted by Gasteiger charge is -2.22. The fraction of sp³-hybridized carbons (Fsp3) is 0.727. The number of rotatable bonds is 14. The van der Waals surface area contributed by atoms with E-state index in [2.05, 4.69) is 32.0 Å². The third kappa shape index (κ3) is 9.11. The molecule has 156 valence electrons. The minimum atomic E-state index is -4.11. The van der Waals surface area contributed by atoms with Crippen LogP contribution in [0, 0.1) is 0 Å². The molecule has 2 unspecified atom stereocenters. The van der Waals surface area contributed by atoms with E-state index in [0.717, 1.165) is 37.0 Å². The zero-order chi connectivity index (χ0) is 20.3. The van der Waals surface area contributed by atoms with Gasteiger partial charge in [-0.3, -0.25) is 4.55 Å². The lowest BCUT2D eigenvalue weighted by molar-refractivity contribution is 0.212. The molecule has 1 N–H and O–H groups in total. The molecule has 0 saturated carbocycles. The van der Waals surface area contributed by atoms with E-state index in [9.17, 15) is 13.0 Å². The van der Waals surface area contributed by atoms with Gasteiger partial charge in [-0.2, -0.15) is 8.42 Å². The number of hydrogen-bond acceptors (Lipinski definition) is 3. The van der Waals surface area contributed by atoms with E-state index < -0.39 is 21.5 Å².